The van der Waals surface area contributed by atoms with Gasteiger partial charge < -0.3 is 14.3 Å². The highest BCUT2D eigenvalue weighted by Crippen LogP contribution is 2.46. The molecule has 3 rings (SSSR count). The van der Waals surface area contributed by atoms with Gasteiger partial charge >= 0.3 is 0 Å². The zero-order valence-electron chi connectivity index (χ0n) is 14.4. The normalized spacial score (nSPS) is 12.6. The Morgan fingerprint density at radius 1 is 0.769 bits per heavy atom. The molecule has 1 N–H and O–H groups in total. The number of benzene rings is 3. The second-order valence-electron chi connectivity index (χ2n) is 5.62. The Labute approximate surface area is 154 Å². The maximum atomic E-state index is 9.62. The fourth-order valence-corrected chi connectivity index (χ4v) is 3.85. The summed E-state index contributed by atoms with van der Waals surface area (Å²) in [5.74, 6) is 1.43. The molecule has 0 heterocycles. The Morgan fingerprint density at radius 3 is 1.62 bits per heavy atom. The lowest BCUT2D eigenvalue weighted by atomic mass is 10.1. The Morgan fingerprint density at radius 2 is 1.19 bits per heavy atom. The third-order valence-electron chi connectivity index (χ3n) is 3.77. The minimum Gasteiger partial charge on any atom is -0.438 e. The van der Waals surface area contributed by atoms with E-state index in [1.165, 1.54) is 0 Å². The van der Waals surface area contributed by atoms with Crippen molar-refractivity contribution in [2.75, 3.05) is 0 Å². The van der Waals surface area contributed by atoms with Crippen LogP contribution in [0.5, 0.6) is 11.5 Å². The number of rotatable bonds is 7. The first-order valence-electron chi connectivity index (χ1n) is 8.30. The lowest BCUT2D eigenvalue weighted by Gasteiger charge is -2.24. The van der Waals surface area contributed by atoms with Gasteiger partial charge in [0.1, 0.15) is 17.2 Å². The van der Waals surface area contributed by atoms with Gasteiger partial charge in [0.2, 0.25) is 0 Å². The standard InChI is InChI=1S/C21H20NO3P/c1-17(21(22-23)18-11-5-2-6-12-18)26(24-19-13-7-3-8-14-19)25-20-15-9-4-10-16-20/h2-17,23H,1H3. The van der Waals surface area contributed by atoms with E-state index in [2.05, 4.69) is 5.16 Å². The van der Waals surface area contributed by atoms with Crippen molar-refractivity contribution in [3.05, 3.63) is 96.6 Å². The van der Waals surface area contributed by atoms with E-state index in [-0.39, 0.29) is 5.66 Å². The predicted molar refractivity (Wildman–Crippen MR) is 105 cm³/mol. The SMILES string of the molecule is CC(C(=NO)c1ccccc1)P(Oc1ccccc1)Oc1ccccc1. The Balaban J connectivity index is 1.88. The van der Waals surface area contributed by atoms with Gasteiger partial charge in [-0.25, -0.2) is 0 Å². The van der Waals surface area contributed by atoms with E-state index >= 15 is 0 Å². The van der Waals surface area contributed by atoms with Crippen LogP contribution in [0.25, 0.3) is 0 Å². The lowest BCUT2D eigenvalue weighted by molar-refractivity contribution is 0.318. The molecule has 0 spiro atoms. The maximum absolute atomic E-state index is 9.62. The summed E-state index contributed by atoms with van der Waals surface area (Å²) < 4.78 is 12.3. The first-order valence-corrected chi connectivity index (χ1v) is 9.55. The summed E-state index contributed by atoms with van der Waals surface area (Å²) in [7, 11) is -1.43. The summed E-state index contributed by atoms with van der Waals surface area (Å²) in [5, 5.41) is 13.2. The summed E-state index contributed by atoms with van der Waals surface area (Å²) in [4.78, 5) is 0. The van der Waals surface area contributed by atoms with E-state index in [0.29, 0.717) is 17.2 Å². The Hall–Kier alpha value is -2.84. The third kappa shape index (κ3) is 4.62. The fraction of sp³-hybridized carbons (Fsp3) is 0.0952. The van der Waals surface area contributed by atoms with Crippen LogP contribution in [0.1, 0.15) is 12.5 Å². The van der Waals surface area contributed by atoms with Gasteiger partial charge in [0.05, 0.1) is 5.66 Å². The van der Waals surface area contributed by atoms with Crippen molar-refractivity contribution in [1.29, 1.82) is 0 Å². The average molecular weight is 365 g/mol. The molecule has 3 aromatic carbocycles. The molecule has 0 fully saturated rings. The van der Waals surface area contributed by atoms with Gasteiger partial charge in [0.25, 0.3) is 8.38 Å². The van der Waals surface area contributed by atoms with Crippen molar-refractivity contribution in [2.45, 2.75) is 12.6 Å². The minimum absolute atomic E-state index is 0.252. The van der Waals surface area contributed by atoms with Crippen LogP contribution in [-0.4, -0.2) is 16.6 Å². The summed E-state index contributed by atoms with van der Waals surface area (Å²) in [6.07, 6.45) is 0. The molecule has 0 saturated carbocycles. The molecule has 0 aliphatic heterocycles. The van der Waals surface area contributed by atoms with Crippen LogP contribution in [-0.2, 0) is 0 Å². The zero-order valence-corrected chi connectivity index (χ0v) is 15.3. The maximum Gasteiger partial charge on any atom is 0.299 e. The quantitative estimate of drug-likeness (QED) is 0.252. The summed E-state index contributed by atoms with van der Waals surface area (Å²) in [6, 6.07) is 28.6. The molecule has 0 aliphatic carbocycles. The second-order valence-corrected chi connectivity index (χ2v) is 7.33. The van der Waals surface area contributed by atoms with E-state index in [1.54, 1.807) is 0 Å². The summed E-state index contributed by atoms with van der Waals surface area (Å²) in [6.45, 7) is 1.94. The number of nitrogens with zero attached hydrogens (tertiary/aromatic N) is 1. The smallest absolute Gasteiger partial charge is 0.299 e. The van der Waals surface area contributed by atoms with Crippen LogP contribution in [0.15, 0.2) is 96.2 Å². The minimum atomic E-state index is -1.43. The van der Waals surface area contributed by atoms with Crippen LogP contribution in [0.4, 0.5) is 0 Å². The fourth-order valence-electron chi connectivity index (χ4n) is 2.44. The van der Waals surface area contributed by atoms with Crippen LogP contribution in [0, 0.1) is 0 Å². The lowest BCUT2D eigenvalue weighted by Crippen LogP contribution is -2.21. The monoisotopic (exact) mass is 365 g/mol. The van der Waals surface area contributed by atoms with Crippen molar-refractivity contribution in [3.63, 3.8) is 0 Å². The van der Waals surface area contributed by atoms with Gasteiger partial charge in [-0.05, 0) is 31.2 Å². The van der Waals surface area contributed by atoms with E-state index in [4.69, 9.17) is 9.05 Å². The molecule has 1 unspecified atom stereocenters. The van der Waals surface area contributed by atoms with Crippen molar-refractivity contribution < 1.29 is 14.3 Å². The predicted octanol–water partition coefficient (Wildman–Crippen LogP) is 5.72. The van der Waals surface area contributed by atoms with Crippen molar-refractivity contribution in [1.82, 2.24) is 0 Å². The average Bonchev–Trinajstić information content (AvgIpc) is 2.70. The molecule has 26 heavy (non-hydrogen) atoms. The van der Waals surface area contributed by atoms with E-state index in [0.717, 1.165) is 5.56 Å². The van der Waals surface area contributed by atoms with Gasteiger partial charge in [-0.2, -0.15) is 0 Å². The molecular weight excluding hydrogens is 345 g/mol. The number of hydrogen-bond acceptors (Lipinski definition) is 4. The van der Waals surface area contributed by atoms with Crippen LogP contribution in [0.2, 0.25) is 0 Å². The molecule has 1 atom stereocenters. The van der Waals surface area contributed by atoms with Crippen LogP contribution >= 0.6 is 8.38 Å². The van der Waals surface area contributed by atoms with E-state index in [9.17, 15) is 5.21 Å². The number of hydrogen-bond donors (Lipinski definition) is 1. The molecule has 0 radical (unpaired) electrons. The van der Waals surface area contributed by atoms with Gasteiger partial charge in [-0.3, -0.25) is 0 Å². The van der Waals surface area contributed by atoms with Crippen molar-refractivity contribution in [2.24, 2.45) is 5.16 Å². The molecule has 132 valence electrons. The summed E-state index contributed by atoms with van der Waals surface area (Å²) in [5.41, 5.74) is 1.12. The molecule has 3 aromatic rings. The molecule has 0 aromatic heterocycles. The van der Waals surface area contributed by atoms with Crippen LogP contribution in [0.3, 0.4) is 0 Å². The van der Waals surface area contributed by atoms with Gasteiger partial charge in [-0.1, -0.05) is 71.9 Å². The molecule has 0 bridgehead atoms. The largest absolute Gasteiger partial charge is 0.438 e. The highest BCUT2D eigenvalue weighted by Gasteiger charge is 2.29. The van der Waals surface area contributed by atoms with E-state index in [1.807, 2.05) is 97.9 Å². The van der Waals surface area contributed by atoms with Gasteiger partial charge in [0, 0.05) is 5.56 Å². The molecule has 4 nitrogen and oxygen atoms in total. The van der Waals surface area contributed by atoms with Gasteiger partial charge in [0.15, 0.2) is 0 Å². The zero-order chi connectivity index (χ0) is 18.2. The van der Waals surface area contributed by atoms with Crippen molar-refractivity contribution >= 4 is 14.1 Å². The Kier molecular flexibility index (Phi) is 6.24. The first kappa shape index (κ1) is 18.0. The van der Waals surface area contributed by atoms with Crippen molar-refractivity contribution in [3.8, 4) is 11.5 Å². The van der Waals surface area contributed by atoms with E-state index < -0.39 is 8.38 Å². The Bertz CT molecular complexity index is 784. The highest BCUT2D eigenvalue weighted by molar-refractivity contribution is 7.50. The van der Waals surface area contributed by atoms with Crippen LogP contribution < -0.4 is 9.05 Å². The number of oxime groups is 1. The highest BCUT2D eigenvalue weighted by atomic mass is 31.2. The molecule has 0 amide bonds. The molecule has 0 aliphatic rings. The third-order valence-corrected chi connectivity index (χ3v) is 5.42. The molecule has 0 saturated heterocycles. The topological polar surface area (TPSA) is 51.1 Å². The molecular formula is C21H20NO3P. The summed E-state index contributed by atoms with van der Waals surface area (Å²) >= 11 is 0. The molecule has 5 heteroatoms. The first-order chi connectivity index (χ1) is 12.8. The van der Waals surface area contributed by atoms with Gasteiger partial charge in [-0.15, -0.1) is 0 Å². The second kappa shape index (κ2) is 9.02. The number of para-hydroxylation sites is 2.